The van der Waals surface area contributed by atoms with Gasteiger partial charge in [0.2, 0.25) is 22.6 Å². The first-order valence-corrected chi connectivity index (χ1v) is 34.5. The highest BCUT2D eigenvalue weighted by Gasteiger charge is 2.19. The van der Waals surface area contributed by atoms with Gasteiger partial charge in [-0.3, -0.25) is 19.2 Å². The van der Waals surface area contributed by atoms with Gasteiger partial charge in [0.25, 0.3) is 5.17 Å². The first-order chi connectivity index (χ1) is 48.1. The van der Waals surface area contributed by atoms with Crippen LogP contribution in [0.2, 0.25) is 0 Å². The molecule has 6 N–H and O–H groups in total. The lowest BCUT2D eigenvalue weighted by Gasteiger charge is -2.19. The Hall–Kier alpha value is -9.76. The van der Waals surface area contributed by atoms with E-state index in [0.29, 0.717) is 72.6 Å². The number of aliphatic hydroxyl groups excluding tert-OH is 1. The molecule has 4 heterocycles. The number of fused-ring (bicyclic) bond motifs is 2. The second-order valence-corrected chi connectivity index (χ2v) is 29.1. The van der Waals surface area contributed by atoms with Crippen molar-refractivity contribution < 1.29 is 32.5 Å². The average molecular weight is 1460 g/mol. The van der Waals surface area contributed by atoms with Crippen molar-refractivity contribution in [1.29, 1.82) is 0 Å². The van der Waals surface area contributed by atoms with Crippen LogP contribution in [0.1, 0.15) is 175 Å². The minimum atomic E-state index is -0.389. The van der Waals surface area contributed by atoms with Crippen LogP contribution in [0.5, 0.6) is 0 Å². The van der Waals surface area contributed by atoms with Crippen molar-refractivity contribution in [1.82, 2.24) is 30.2 Å². The van der Waals surface area contributed by atoms with Gasteiger partial charge in [-0.1, -0.05) is 204 Å². The van der Waals surface area contributed by atoms with Gasteiger partial charge in [0, 0.05) is 28.8 Å². The summed E-state index contributed by atoms with van der Waals surface area (Å²) < 4.78 is 19.7. The van der Waals surface area contributed by atoms with Gasteiger partial charge in [0.15, 0.2) is 24.4 Å². The number of hydrogen-bond donors (Lipinski definition) is 5. The zero-order chi connectivity index (χ0) is 75.5. The Morgan fingerprint density at radius 1 is 0.549 bits per heavy atom. The summed E-state index contributed by atoms with van der Waals surface area (Å²) in [4.78, 5) is 53.8. The number of hydrogen-bond acceptors (Lipinski definition) is 17. The number of nitrogens with two attached hydrogens (primary N) is 1. The van der Waals surface area contributed by atoms with E-state index in [0.717, 1.165) is 28.3 Å². The van der Waals surface area contributed by atoms with E-state index < -0.39 is 0 Å². The number of nitrogens with zero attached hydrogens (tertiary/aromatic N) is 6. The van der Waals surface area contributed by atoms with E-state index in [2.05, 4.69) is 239 Å². The molecule has 0 radical (unpaired) electrons. The molecule has 542 valence electrons. The smallest absolute Gasteiger partial charge is 0.258 e. The number of carbonyl (C=O) groups excluding carboxylic acids is 2. The van der Waals surface area contributed by atoms with Gasteiger partial charge in [-0.2, -0.15) is 10.2 Å². The number of ether oxygens (including phenoxy) is 1. The van der Waals surface area contributed by atoms with Crippen molar-refractivity contribution in [3.05, 3.63) is 257 Å². The van der Waals surface area contributed by atoms with Gasteiger partial charge in [0.1, 0.15) is 29.0 Å². The van der Waals surface area contributed by atoms with Gasteiger partial charge >= 0.3 is 0 Å². The van der Waals surface area contributed by atoms with Crippen LogP contribution in [0.15, 0.2) is 186 Å². The Bertz CT molecular complexity index is 4600. The molecule has 0 unspecified atom stereocenters. The number of aldehydes is 2. The second-order valence-electron chi connectivity index (χ2n) is 27.9. The number of nitrogen functional groups attached to an aromatic ring is 1. The van der Waals surface area contributed by atoms with Crippen LogP contribution < -0.4 is 32.5 Å². The summed E-state index contributed by atoms with van der Waals surface area (Å²) in [5.41, 5.74) is 19.7. The number of anilines is 2. The number of aliphatic imine (C=N–C) groups is 2. The number of aryl methyl sites for hydroxylation is 4. The van der Waals surface area contributed by atoms with Crippen LogP contribution >= 0.6 is 48.9 Å². The maximum absolute atomic E-state index is 12.5. The van der Waals surface area contributed by atoms with Gasteiger partial charge in [-0.25, -0.2) is 19.3 Å². The molecular weight excluding hydrogens is 1360 g/mol. The van der Waals surface area contributed by atoms with Gasteiger partial charge < -0.3 is 40.4 Å². The zero-order valence-electron chi connectivity index (χ0n) is 61.1. The summed E-state index contributed by atoms with van der Waals surface area (Å²) in [6.07, 6.45) is 0.891. The lowest BCUT2D eigenvalue weighted by Crippen LogP contribution is -2.29. The molecule has 0 fully saturated rings. The number of thiocarbonyl (C=S) groups is 4. The molecule has 0 bridgehead atoms. The third-order valence-corrected chi connectivity index (χ3v) is 16.4. The number of benzene rings is 6. The van der Waals surface area contributed by atoms with E-state index in [-0.39, 0.29) is 71.5 Å². The van der Waals surface area contributed by atoms with Crippen molar-refractivity contribution in [2.45, 2.75) is 172 Å². The van der Waals surface area contributed by atoms with Crippen LogP contribution in [0.3, 0.4) is 0 Å². The number of rotatable bonds is 14. The monoisotopic (exact) mass is 1460 g/mol. The molecule has 0 aliphatic heterocycles. The number of para-hydroxylation sites is 2. The average Bonchev–Trinajstić information content (AvgIpc) is 1.50. The Morgan fingerprint density at radius 3 is 1.26 bits per heavy atom. The number of aromatic nitrogens is 4. The highest BCUT2D eigenvalue weighted by Crippen LogP contribution is 2.26. The van der Waals surface area contributed by atoms with E-state index in [1.807, 2.05) is 52.0 Å². The molecule has 102 heavy (non-hydrogen) atoms. The minimum absolute atomic E-state index is 0. The summed E-state index contributed by atoms with van der Waals surface area (Å²) in [5, 5.41) is 32.1. The number of carbonyl (C=O) groups is 2. The molecule has 0 atom stereocenters. The number of isothiocyanates is 2. The van der Waals surface area contributed by atoms with Crippen LogP contribution in [-0.2, 0) is 66.0 Å². The molecule has 0 aliphatic rings. The lowest BCUT2D eigenvalue weighted by molar-refractivity contribution is 0.111. The van der Waals surface area contributed by atoms with E-state index in [9.17, 15) is 19.2 Å². The highest BCUT2D eigenvalue weighted by atomic mass is 32.1. The van der Waals surface area contributed by atoms with E-state index >= 15 is 0 Å². The summed E-state index contributed by atoms with van der Waals surface area (Å²) in [6, 6.07) is 51.2. The molecule has 0 spiro atoms. The molecule has 10 aromatic rings. The van der Waals surface area contributed by atoms with Crippen LogP contribution in [0.4, 0.5) is 11.8 Å². The predicted octanol–water partition coefficient (Wildman–Crippen LogP) is 17.8. The Labute approximate surface area is 624 Å². The Morgan fingerprint density at radius 2 is 0.912 bits per heavy atom. The van der Waals surface area contributed by atoms with E-state index in [4.69, 9.17) is 48.8 Å². The van der Waals surface area contributed by atoms with E-state index in [1.165, 1.54) is 38.9 Å². The molecule has 18 nitrogen and oxygen atoms in total. The molecule has 10 rings (SSSR count). The normalized spacial score (nSPS) is 10.9. The SMILES string of the molecule is CC(C)(C)c1ccc(CN=C=S)cc1.CC(C)(C)c1ccc(CN=C=S)cc1.CC(C)(C)c1ccc(CNC(=S)Nc2oc3ccccc3c(=O)c2C=O)cc1.Cc1cc(C)n(CO)n1.Cc1cc(C)n(COC(=S)NCc2ccc(C(C)(C)C)cc2)n1.Nc1oc2ccccc2c(=O)c1C=O.[HH].[HH].[HH]. The van der Waals surface area contributed by atoms with Gasteiger partial charge in [0.05, 0.1) is 45.6 Å². The van der Waals surface area contributed by atoms with Crippen molar-refractivity contribution in [3.63, 3.8) is 0 Å². The third-order valence-electron chi connectivity index (χ3n) is 15.6. The van der Waals surface area contributed by atoms with Crippen LogP contribution in [-0.4, -0.2) is 57.8 Å². The van der Waals surface area contributed by atoms with Crippen molar-refractivity contribution in [2.75, 3.05) is 11.1 Å². The molecule has 0 aliphatic carbocycles. The predicted molar refractivity (Wildman–Crippen MR) is 434 cm³/mol. The maximum Gasteiger partial charge on any atom is 0.258 e. The van der Waals surface area contributed by atoms with Crippen molar-refractivity contribution >= 4 is 116 Å². The first-order valence-electron chi connectivity index (χ1n) is 32.9. The Balaban J connectivity index is 0.000000441. The van der Waals surface area contributed by atoms with Crippen molar-refractivity contribution in [3.8, 4) is 0 Å². The molecule has 22 heteroatoms. The molecule has 6 aromatic carbocycles. The fraction of sp³-hybridized carbons (Fsp3) is 0.325. The third kappa shape index (κ3) is 26.3. The standard InChI is InChI=1S/C22H22N2O3S.C18H25N3OS.2C12H15NS.C10H7NO3.C6H10N2O.3H2/c1-22(2,3)15-10-8-14(9-11-15)12-23-21(28)24-20-17(13-25)19(26)16-6-4-5-7-18(16)27-20;1-13-10-14(2)21(20-13)12-22-17(23)19-11-15-6-8-16(9-7-15)18(3,4)5;2*1-12(2,3)11-6-4-10(5-7-11)8-13-9-14;11-10-7(5-12)9(13)6-3-1-2-4-8(6)14-10;1-5-3-6(2)8(4-9)7-5;;;/h4-11,13H,12H2,1-3H3,(H2,23,24,28);6-10H,11-12H2,1-5H3,(H,19,23);2*4-7H,8H2,1-3H3;1-5H,11H2;3,9H,4H2,1-2H3;3*1H. The summed E-state index contributed by atoms with van der Waals surface area (Å²) in [6.45, 7) is 36.9. The number of aliphatic hydroxyl groups is 1. The fourth-order valence-electron chi connectivity index (χ4n) is 9.65. The quantitative estimate of drug-likeness (QED) is 0.0386. The minimum Gasteiger partial charge on any atom is -0.448 e. The molecule has 0 saturated carbocycles. The van der Waals surface area contributed by atoms with E-state index in [1.54, 1.807) is 57.9 Å². The van der Waals surface area contributed by atoms with Crippen molar-refractivity contribution in [2.24, 2.45) is 9.98 Å². The zero-order valence-corrected chi connectivity index (χ0v) is 64.4. The molecular formula is C80H100N10O8S4. The highest BCUT2D eigenvalue weighted by molar-refractivity contribution is 7.80. The largest absolute Gasteiger partial charge is 0.448 e. The first kappa shape index (κ1) is 82.9. The van der Waals surface area contributed by atoms with Gasteiger partial charge in [-0.05, 0) is 179 Å². The lowest BCUT2D eigenvalue weighted by atomic mass is 9.87. The summed E-state index contributed by atoms with van der Waals surface area (Å²) in [5.74, 6) is -0.0945. The molecule has 0 saturated heterocycles. The molecule has 0 amide bonds. The maximum atomic E-state index is 12.5. The fourth-order valence-corrected chi connectivity index (χ4v) is 10.1. The summed E-state index contributed by atoms with van der Waals surface area (Å²) >= 11 is 19.5. The second kappa shape index (κ2) is 38.9. The summed E-state index contributed by atoms with van der Waals surface area (Å²) in [7, 11) is 0. The number of nitrogens with one attached hydrogen (secondary N) is 3. The topological polar surface area (TPSA) is 246 Å². The Kier molecular flexibility index (Phi) is 31.6. The van der Waals surface area contributed by atoms with Crippen LogP contribution in [0.25, 0.3) is 21.9 Å². The molecule has 4 aromatic heterocycles. The van der Waals surface area contributed by atoms with Crippen LogP contribution in [0, 0.1) is 27.7 Å². The van der Waals surface area contributed by atoms with Gasteiger partial charge in [-0.15, -0.1) is 0 Å².